The number of amides is 2. The second kappa shape index (κ2) is 9.51. The Bertz CT molecular complexity index is 530. The highest BCUT2D eigenvalue weighted by Gasteiger charge is 2.07. The van der Waals surface area contributed by atoms with E-state index in [1.165, 1.54) is 14.0 Å². The zero-order valence-electron chi connectivity index (χ0n) is 12.7. The van der Waals surface area contributed by atoms with Crippen LogP contribution in [0.15, 0.2) is 24.3 Å². The predicted octanol–water partition coefficient (Wildman–Crippen LogP) is 0.242. The molecular weight excluding hydrogens is 288 g/mol. The number of carbonyl (C=O) groups excluding carboxylic acids is 3. The highest BCUT2D eigenvalue weighted by atomic mass is 16.6. The predicted molar refractivity (Wildman–Crippen MR) is 79.1 cm³/mol. The van der Waals surface area contributed by atoms with Crippen molar-refractivity contribution in [1.82, 2.24) is 10.6 Å². The van der Waals surface area contributed by atoms with E-state index < -0.39 is 5.97 Å². The van der Waals surface area contributed by atoms with Gasteiger partial charge in [0.25, 0.3) is 5.91 Å². The van der Waals surface area contributed by atoms with Gasteiger partial charge < -0.3 is 20.1 Å². The third-order valence-corrected chi connectivity index (χ3v) is 2.64. The van der Waals surface area contributed by atoms with Crippen LogP contribution in [0.5, 0.6) is 0 Å². The van der Waals surface area contributed by atoms with Crippen molar-refractivity contribution < 1.29 is 23.9 Å². The summed E-state index contributed by atoms with van der Waals surface area (Å²) < 4.78 is 9.44. The van der Waals surface area contributed by atoms with Crippen molar-refractivity contribution in [2.75, 3.05) is 26.9 Å². The van der Waals surface area contributed by atoms with Gasteiger partial charge in [-0.15, -0.1) is 0 Å². The molecule has 0 saturated carbocycles. The van der Waals surface area contributed by atoms with Gasteiger partial charge in [-0.2, -0.15) is 0 Å². The molecule has 1 aromatic carbocycles. The SMILES string of the molecule is COCC(=O)OCCNC(=O)c1cccc(CNC(C)=O)c1. The number of nitrogens with one attached hydrogen (secondary N) is 2. The minimum absolute atomic E-state index is 0.0829. The molecule has 0 unspecified atom stereocenters. The molecule has 1 rings (SSSR count). The molecule has 22 heavy (non-hydrogen) atoms. The van der Waals surface area contributed by atoms with E-state index in [2.05, 4.69) is 15.4 Å². The fraction of sp³-hybridized carbons (Fsp3) is 0.400. The number of esters is 1. The van der Waals surface area contributed by atoms with Crippen LogP contribution in [0.3, 0.4) is 0 Å². The lowest BCUT2D eigenvalue weighted by Gasteiger charge is -2.08. The molecule has 0 spiro atoms. The minimum atomic E-state index is -0.478. The normalized spacial score (nSPS) is 9.91. The van der Waals surface area contributed by atoms with Crippen LogP contribution in [0.1, 0.15) is 22.8 Å². The average molecular weight is 308 g/mol. The molecule has 7 heteroatoms. The van der Waals surface area contributed by atoms with E-state index in [9.17, 15) is 14.4 Å². The third-order valence-electron chi connectivity index (χ3n) is 2.64. The van der Waals surface area contributed by atoms with E-state index in [0.717, 1.165) is 5.56 Å². The van der Waals surface area contributed by atoms with Crippen LogP contribution in [0.25, 0.3) is 0 Å². The van der Waals surface area contributed by atoms with Crippen LogP contribution in [-0.2, 0) is 25.6 Å². The van der Waals surface area contributed by atoms with E-state index in [4.69, 9.17) is 4.74 Å². The number of hydrogen-bond acceptors (Lipinski definition) is 5. The van der Waals surface area contributed by atoms with E-state index in [0.29, 0.717) is 12.1 Å². The number of benzene rings is 1. The molecule has 0 heterocycles. The van der Waals surface area contributed by atoms with Gasteiger partial charge >= 0.3 is 5.97 Å². The van der Waals surface area contributed by atoms with Crippen LogP contribution < -0.4 is 10.6 Å². The molecule has 0 atom stereocenters. The molecule has 0 fully saturated rings. The molecule has 0 aliphatic rings. The highest BCUT2D eigenvalue weighted by molar-refractivity contribution is 5.94. The van der Waals surface area contributed by atoms with Crippen molar-refractivity contribution in [3.8, 4) is 0 Å². The van der Waals surface area contributed by atoms with E-state index >= 15 is 0 Å². The second-order valence-electron chi connectivity index (χ2n) is 4.52. The van der Waals surface area contributed by atoms with E-state index in [1.807, 2.05) is 6.07 Å². The number of rotatable bonds is 8. The minimum Gasteiger partial charge on any atom is -0.462 e. The van der Waals surface area contributed by atoms with Crippen molar-refractivity contribution >= 4 is 17.8 Å². The van der Waals surface area contributed by atoms with Gasteiger partial charge in [0.05, 0.1) is 6.54 Å². The molecule has 0 saturated heterocycles. The average Bonchev–Trinajstić information content (AvgIpc) is 2.50. The molecule has 0 bridgehead atoms. The Balaban J connectivity index is 2.40. The summed E-state index contributed by atoms with van der Waals surface area (Å²) in [4.78, 5) is 33.8. The number of carbonyl (C=O) groups is 3. The summed E-state index contributed by atoms with van der Waals surface area (Å²) in [5.74, 6) is -0.880. The largest absolute Gasteiger partial charge is 0.462 e. The van der Waals surface area contributed by atoms with Gasteiger partial charge in [-0.25, -0.2) is 4.79 Å². The van der Waals surface area contributed by atoms with Crippen LogP contribution in [0.2, 0.25) is 0 Å². The van der Waals surface area contributed by atoms with E-state index in [1.54, 1.807) is 18.2 Å². The lowest BCUT2D eigenvalue weighted by atomic mass is 10.1. The molecule has 2 N–H and O–H groups in total. The monoisotopic (exact) mass is 308 g/mol. The Kier molecular flexibility index (Phi) is 7.63. The Morgan fingerprint density at radius 1 is 1.18 bits per heavy atom. The van der Waals surface area contributed by atoms with Gasteiger partial charge in [0, 0.05) is 26.1 Å². The zero-order chi connectivity index (χ0) is 16.4. The van der Waals surface area contributed by atoms with Gasteiger partial charge in [-0.3, -0.25) is 9.59 Å². The second-order valence-corrected chi connectivity index (χ2v) is 4.52. The Morgan fingerprint density at radius 2 is 1.95 bits per heavy atom. The summed E-state index contributed by atoms with van der Waals surface area (Å²) in [6.07, 6.45) is 0. The van der Waals surface area contributed by atoms with Crippen LogP contribution in [0, 0.1) is 0 Å². The van der Waals surface area contributed by atoms with Crippen molar-refractivity contribution in [2.24, 2.45) is 0 Å². The highest BCUT2D eigenvalue weighted by Crippen LogP contribution is 2.05. The first kappa shape index (κ1) is 17.6. The summed E-state index contributed by atoms with van der Waals surface area (Å²) in [5.41, 5.74) is 1.31. The summed E-state index contributed by atoms with van der Waals surface area (Å²) in [5, 5.41) is 5.31. The molecule has 2 amide bonds. The van der Waals surface area contributed by atoms with Crippen molar-refractivity contribution in [1.29, 1.82) is 0 Å². The van der Waals surface area contributed by atoms with Gasteiger partial charge in [0.15, 0.2) is 0 Å². The maximum Gasteiger partial charge on any atom is 0.332 e. The quantitative estimate of drug-likeness (QED) is 0.530. The Labute approximate surface area is 129 Å². The Hall–Kier alpha value is -2.41. The summed E-state index contributed by atoms with van der Waals surface area (Å²) >= 11 is 0. The van der Waals surface area contributed by atoms with Crippen LogP contribution in [-0.4, -0.2) is 44.7 Å². The van der Waals surface area contributed by atoms with Gasteiger partial charge in [0.2, 0.25) is 5.91 Å². The fourth-order valence-corrected chi connectivity index (χ4v) is 1.64. The lowest BCUT2D eigenvalue weighted by Crippen LogP contribution is -2.28. The standard InChI is InChI=1S/C15H20N2O5/c1-11(18)17-9-12-4-3-5-13(8-12)15(20)16-6-7-22-14(19)10-21-2/h3-5,8H,6-7,9-10H2,1-2H3,(H,16,20)(H,17,18). The summed E-state index contributed by atoms with van der Waals surface area (Å²) in [6, 6.07) is 6.93. The summed E-state index contributed by atoms with van der Waals surface area (Å²) in [6.45, 7) is 1.98. The zero-order valence-corrected chi connectivity index (χ0v) is 12.7. The van der Waals surface area contributed by atoms with Crippen LogP contribution >= 0.6 is 0 Å². The molecule has 0 radical (unpaired) electrons. The molecular formula is C15H20N2O5. The number of ether oxygens (including phenoxy) is 2. The number of hydrogen-bond donors (Lipinski definition) is 2. The Morgan fingerprint density at radius 3 is 2.64 bits per heavy atom. The molecule has 0 aliphatic carbocycles. The smallest absolute Gasteiger partial charge is 0.332 e. The lowest BCUT2D eigenvalue weighted by molar-refractivity contribution is -0.147. The molecule has 0 aromatic heterocycles. The van der Waals surface area contributed by atoms with Crippen molar-refractivity contribution in [3.05, 3.63) is 35.4 Å². The summed E-state index contributed by atoms with van der Waals surface area (Å²) in [7, 11) is 1.40. The first-order valence-electron chi connectivity index (χ1n) is 6.79. The first-order chi connectivity index (χ1) is 10.5. The first-order valence-corrected chi connectivity index (χ1v) is 6.79. The van der Waals surface area contributed by atoms with Gasteiger partial charge in [0.1, 0.15) is 13.2 Å². The van der Waals surface area contributed by atoms with Crippen molar-refractivity contribution in [3.63, 3.8) is 0 Å². The van der Waals surface area contributed by atoms with Crippen LogP contribution in [0.4, 0.5) is 0 Å². The van der Waals surface area contributed by atoms with E-state index in [-0.39, 0.29) is 31.6 Å². The molecule has 120 valence electrons. The number of methoxy groups -OCH3 is 1. The third kappa shape index (κ3) is 6.85. The maximum atomic E-state index is 11.9. The van der Waals surface area contributed by atoms with Gasteiger partial charge in [-0.1, -0.05) is 12.1 Å². The van der Waals surface area contributed by atoms with Gasteiger partial charge in [-0.05, 0) is 17.7 Å². The molecule has 0 aliphatic heterocycles. The molecule has 7 nitrogen and oxygen atoms in total. The topological polar surface area (TPSA) is 93.7 Å². The van der Waals surface area contributed by atoms with Crippen molar-refractivity contribution in [2.45, 2.75) is 13.5 Å². The molecule has 1 aromatic rings. The maximum absolute atomic E-state index is 11.9. The fourth-order valence-electron chi connectivity index (χ4n) is 1.64.